The topological polar surface area (TPSA) is 78.9 Å². The van der Waals surface area contributed by atoms with Crippen LogP contribution in [0.2, 0.25) is 16.6 Å². The van der Waals surface area contributed by atoms with Crippen molar-refractivity contribution in [1.82, 2.24) is 0 Å². The van der Waals surface area contributed by atoms with Gasteiger partial charge < -0.3 is 13.9 Å². The molecular formula is C19H34O6Si. The Morgan fingerprint density at radius 2 is 1.35 bits per heavy atom. The van der Waals surface area contributed by atoms with Gasteiger partial charge in [0.25, 0.3) is 8.32 Å². The molecule has 0 aliphatic heterocycles. The van der Waals surface area contributed by atoms with Gasteiger partial charge in [0.15, 0.2) is 6.10 Å². The summed E-state index contributed by atoms with van der Waals surface area (Å²) >= 11 is 0. The summed E-state index contributed by atoms with van der Waals surface area (Å²) in [6, 6.07) is 0. The van der Waals surface area contributed by atoms with E-state index in [2.05, 4.69) is 46.3 Å². The van der Waals surface area contributed by atoms with Crippen LogP contribution < -0.4 is 0 Å². The highest BCUT2D eigenvalue weighted by Gasteiger charge is 2.49. The van der Waals surface area contributed by atoms with Crippen molar-refractivity contribution in [1.29, 1.82) is 0 Å². The van der Waals surface area contributed by atoms with Crippen molar-refractivity contribution in [2.24, 2.45) is 0 Å². The van der Waals surface area contributed by atoms with Crippen LogP contribution in [0, 0.1) is 0 Å². The number of ether oxygens (including phenoxy) is 2. The normalized spacial score (nSPS) is 13.3. The van der Waals surface area contributed by atoms with Gasteiger partial charge in [0.1, 0.15) is 0 Å². The van der Waals surface area contributed by atoms with Crippen LogP contribution in [0.25, 0.3) is 0 Å². The van der Waals surface area contributed by atoms with Gasteiger partial charge in [0.05, 0.1) is 7.11 Å². The third-order valence-electron chi connectivity index (χ3n) is 4.61. The first-order valence-electron chi connectivity index (χ1n) is 9.22. The first-order valence-corrected chi connectivity index (χ1v) is 11.4. The van der Waals surface area contributed by atoms with E-state index in [1.807, 2.05) is 6.92 Å². The molecule has 0 aromatic heterocycles. The van der Waals surface area contributed by atoms with Gasteiger partial charge in [-0.15, -0.1) is 0 Å². The lowest BCUT2D eigenvalue weighted by molar-refractivity contribution is -0.160. The average Bonchev–Trinajstić information content (AvgIpc) is 2.55. The molecule has 7 heteroatoms. The van der Waals surface area contributed by atoms with E-state index in [0.717, 1.165) is 12.2 Å². The van der Waals surface area contributed by atoms with Crippen LogP contribution in [0.3, 0.4) is 0 Å². The summed E-state index contributed by atoms with van der Waals surface area (Å²) in [6.07, 6.45) is 1.98. The largest absolute Gasteiger partial charge is 0.516 e. The second kappa shape index (κ2) is 11.2. The van der Waals surface area contributed by atoms with Gasteiger partial charge in [-0.1, -0.05) is 54.9 Å². The fourth-order valence-electron chi connectivity index (χ4n) is 3.46. The van der Waals surface area contributed by atoms with Crippen molar-refractivity contribution in [3.63, 3.8) is 0 Å². The quantitative estimate of drug-likeness (QED) is 0.319. The molecule has 0 aromatic carbocycles. The number of methoxy groups -OCH3 is 1. The molecule has 0 aliphatic rings. The molecule has 0 rings (SSSR count). The fourth-order valence-corrected chi connectivity index (χ4v) is 8.65. The van der Waals surface area contributed by atoms with E-state index < -0.39 is 32.3 Å². The van der Waals surface area contributed by atoms with E-state index in [0.29, 0.717) is 12.8 Å². The molecule has 0 saturated carbocycles. The highest BCUT2D eigenvalue weighted by molar-refractivity contribution is 6.79. The van der Waals surface area contributed by atoms with E-state index in [1.165, 1.54) is 7.11 Å². The zero-order valence-corrected chi connectivity index (χ0v) is 18.3. The third kappa shape index (κ3) is 6.59. The van der Waals surface area contributed by atoms with E-state index >= 15 is 0 Å². The number of esters is 2. The summed E-state index contributed by atoms with van der Waals surface area (Å²) in [5.41, 5.74) is 0.718. The standard InChI is InChI=1S/C19H34O6Si/c1-9-10-16(24-18(21)12-11-17(20)23-8)19(22)25-26(13(2)3,14(4)5)15(6)7/h11-16H,9-10H2,1-8H3/b12-11+. The Hall–Kier alpha value is -1.63. The lowest BCUT2D eigenvalue weighted by Crippen LogP contribution is -2.51. The zero-order valence-electron chi connectivity index (χ0n) is 17.3. The van der Waals surface area contributed by atoms with Crippen molar-refractivity contribution in [3.05, 3.63) is 12.2 Å². The Balaban J connectivity index is 5.36. The van der Waals surface area contributed by atoms with Gasteiger partial charge in [0.2, 0.25) is 0 Å². The number of carbonyl (C=O) groups excluding carboxylic acids is 3. The van der Waals surface area contributed by atoms with Gasteiger partial charge in [-0.2, -0.15) is 0 Å². The number of carbonyl (C=O) groups is 3. The summed E-state index contributed by atoms with van der Waals surface area (Å²) in [7, 11) is -1.20. The van der Waals surface area contributed by atoms with Gasteiger partial charge in [-0.25, -0.2) is 14.4 Å². The minimum absolute atomic E-state index is 0.239. The van der Waals surface area contributed by atoms with Gasteiger partial charge >= 0.3 is 17.9 Å². The molecule has 0 aromatic rings. The summed E-state index contributed by atoms with van der Waals surface area (Å²) < 4.78 is 15.8. The van der Waals surface area contributed by atoms with Crippen molar-refractivity contribution < 1.29 is 28.3 Å². The maximum absolute atomic E-state index is 12.8. The lowest BCUT2D eigenvalue weighted by Gasteiger charge is -2.41. The SMILES string of the molecule is CCCC(OC(=O)/C=C/C(=O)OC)C(=O)O[Si](C(C)C)(C(C)C)C(C)C. The Kier molecular flexibility index (Phi) is 10.5. The lowest BCUT2D eigenvalue weighted by atomic mass is 10.2. The number of hydrogen-bond acceptors (Lipinski definition) is 6. The molecule has 0 bridgehead atoms. The molecule has 0 spiro atoms. The zero-order chi connectivity index (χ0) is 20.5. The smallest absolute Gasteiger partial charge is 0.334 e. The van der Waals surface area contributed by atoms with Crippen molar-refractivity contribution in [3.8, 4) is 0 Å². The molecular weight excluding hydrogens is 352 g/mol. The van der Waals surface area contributed by atoms with Gasteiger partial charge in [-0.05, 0) is 23.0 Å². The minimum Gasteiger partial charge on any atom is -0.516 e. The summed E-state index contributed by atoms with van der Waals surface area (Å²) in [5.74, 6) is -1.92. The minimum atomic E-state index is -2.41. The van der Waals surface area contributed by atoms with Crippen LogP contribution in [0.5, 0.6) is 0 Å². The number of rotatable bonds is 10. The molecule has 6 nitrogen and oxygen atoms in total. The average molecular weight is 387 g/mol. The highest BCUT2D eigenvalue weighted by Crippen LogP contribution is 2.42. The van der Waals surface area contributed by atoms with Crippen LogP contribution in [0.1, 0.15) is 61.3 Å². The van der Waals surface area contributed by atoms with Crippen molar-refractivity contribution in [2.75, 3.05) is 7.11 Å². The molecule has 0 heterocycles. The highest BCUT2D eigenvalue weighted by atomic mass is 28.4. The maximum Gasteiger partial charge on any atom is 0.334 e. The van der Waals surface area contributed by atoms with E-state index in [1.54, 1.807) is 0 Å². The molecule has 1 unspecified atom stereocenters. The third-order valence-corrected chi connectivity index (χ3v) is 10.6. The van der Waals surface area contributed by atoms with Crippen LogP contribution in [-0.4, -0.2) is 39.4 Å². The Morgan fingerprint density at radius 3 is 1.73 bits per heavy atom. The second-order valence-corrected chi connectivity index (χ2v) is 12.7. The van der Waals surface area contributed by atoms with Crippen LogP contribution in [-0.2, 0) is 28.3 Å². The molecule has 0 saturated heterocycles. The predicted molar refractivity (Wildman–Crippen MR) is 103 cm³/mol. The maximum atomic E-state index is 12.8. The first kappa shape index (κ1) is 24.4. The molecule has 26 heavy (non-hydrogen) atoms. The Bertz CT molecular complexity index is 488. The Morgan fingerprint density at radius 1 is 0.885 bits per heavy atom. The van der Waals surface area contributed by atoms with Crippen molar-refractivity contribution in [2.45, 2.75) is 84.0 Å². The molecule has 0 radical (unpaired) electrons. The van der Waals surface area contributed by atoms with Gasteiger partial charge in [0, 0.05) is 12.2 Å². The van der Waals surface area contributed by atoms with E-state index in [9.17, 15) is 14.4 Å². The summed E-state index contributed by atoms with van der Waals surface area (Å²) in [5, 5.41) is 0. The molecule has 0 N–H and O–H groups in total. The summed E-state index contributed by atoms with van der Waals surface area (Å²) in [6.45, 7) is 14.4. The van der Waals surface area contributed by atoms with Crippen LogP contribution >= 0.6 is 0 Å². The first-order chi connectivity index (χ1) is 12.0. The molecule has 0 aliphatic carbocycles. The molecule has 1 atom stereocenters. The molecule has 150 valence electrons. The van der Waals surface area contributed by atoms with E-state index in [-0.39, 0.29) is 16.6 Å². The fraction of sp³-hybridized carbons (Fsp3) is 0.737. The Labute approximate surface area is 158 Å². The molecule has 0 amide bonds. The number of hydrogen-bond donors (Lipinski definition) is 0. The van der Waals surface area contributed by atoms with E-state index in [4.69, 9.17) is 9.16 Å². The molecule has 0 fully saturated rings. The summed E-state index contributed by atoms with van der Waals surface area (Å²) in [4.78, 5) is 35.8. The predicted octanol–water partition coefficient (Wildman–Crippen LogP) is 4.15. The van der Waals surface area contributed by atoms with Crippen molar-refractivity contribution >= 4 is 26.2 Å². The monoisotopic (exact) mass is 386 g/mol. The second-order valence-electron chi connectivity index (χ2n) is 7.31. The van der Waals surface area contributed by atoms with Crippen LogP contribution in [0.15, 0.2) is 12.2 Å². The van der Waals surface area contributed by atoms with Crippen LogP contribution in [0.4, 0.5) is 0 Å². The van der Waals surface area contributed by atoms with Gasteiger partial charge in [-0.3, -0.25) is 0 Å².